The molecule has 2 aliphatic rings. The lowest BCUT2D eigenvalue weighted by molar-refractivity contribution is -0.425. The molecule has 2 aliphatic heterocycles. The van der Waals surface area contributed by atoms with Gasteiger partial charge in [0.2, 0.25) is 0 Å². The monoisotopic (exact) mass is 299 g/mol. The summed E-state index contributed by atoms with van der Waals surface area (Å²) in [5.74, 6) is -0.853. The van der Waals surface area contributed by atoms with E-state index in [2.05, 4.69) is 0 Å². The molecule has 1 saturated heterocycles. The Morgan fingerprint density at radius 2 is 2.25 bits per heavy atom. The largest absolute Gasteiger partial charge is 0.395 e. The second-order valence-electron chi connectivity index (χ2n) is 4.33. The number of hydrogen-bond acceptors (Lipinski definition) is 8. The lowest BCUT2D eigenvalue weighted by Gasteiger charge is -2.34. The minimum atomic E-state index is -0.743. The van der Waals surface area contributed by atoms with Crippen molar-refractivity contribution in [2.75, 3.05) is 25.5 Å². The van der Waals surface area contributed by atoms with Crippen molar-refractivity contribution in [3.05, 3.63) is 16.5 Å². The van der Waals surface area contributed by atoms with Crippen LogP contribution in [0.1, 0.15) is 27.1 Å². The van der Waals surface area contributed by atoms with E-state index in [-0.39, 0.29) is 18.7 Å². The highest BCUT2D eigenvalue weighted by molar-refractivity contribution is 7.14. The van der Waals surface area contributed by atoms with Gasteiger partial charge in [0.05, 0.1) is 35.9 Å². The van der Waals surface area contributed by atoms with E-state index in [0.29, 0.717) is 23.6 Å². The number of imide groups is 1. The van der Waals surface area contributed by atoms with Crippen LogP contribution in [0.15, 0.2) is 5.38 Å². The van der Waals surface area contributed by atoms with E-state index < -0.39 is 18.0 Å². The van der Waals surface area contributed by atoms with E-state index in [0.717, 1.165) is 10.1 Å². The van der Waals surface area contributed by atoms with Crippen molar-refractivity contribution < 1.29 is 24.4 Å². The average Bonchev–Trinajstić information content (AvgIpc) is 2.92. The molecular formula is C11H13N3O5S. The topological polar surface area (TPSA) is 105 Å². The predicted octanol–water partition coefficient (Wildman–Crippen LogP) is -0.186. The van der Waals surface area contributed by atoms with Crippen molar-refractivity contribution >= 4 is 28.2 Å². The Labute approximate surface area is 118 Å². The van der Waals surface area contributed by atoms with Crippen LogP contribution in [0.3, 0.4) is 0 Å². The number of carbonyl (C=O) groups is 2. The van der Waals surface area contributed by atoms with Crippen LogP contribution in [-0.2, 0) is 9.68 Å². The summed E-state index contributed by atoms with van der Waals surface area (Å²) < 4.78 is 0. The molecule has 108 valence electrons. The van der Waals surface area contributed by atoms with Crippen LogP contribution in [-0.4, -0.2) is 53.0 Å². The van der Waals surface area contributed by atoms with E-state index in [4.69, 9.17) is 20.5 Å². The van der Waals surface area contributed by atoms with Crippen LogP contribution in [0.5, 0.6) is 0 Å². The van der Waals surface area contributed by atoms with Crippen LogP contribution in [0, 0.1) is 0 Å². The fraction of sp³-hybridized carbons (Fsp3) is 0.455. The summed E-state index contributed by atoms with van der Waals surface area (Å²) in [6.07, 6.45) is -0.375. The maximum Gasteiger partial charge on any atom is 0.266 e. The maximum absolute atomic E-state index is 12.3. The van der Waals surface area contributed by atoms with E-state index in [1.807, 2.05) is 0 Å². The molecular weight excluding hydrogens is 286 g/mol. The van der Waals surface area contributed by atoms with Gasteiger partial charge in [0.25, 0.3) is 11.8 Å². The number of fused-ring (bicyclic) bond motifs is 1. The molecule has 1 aromatic heterocycles. The van der Waals surface area contributed by atoms with Gasteiger partial charge in [0.15, 0.2) is 6.23 Å². The fourth-order valence-corrected chi connectivity index (χ4v) is 2.98. The molecule has 0 spiro atoms. The normalized spacial score (nSPS) is 23.4. The number of anilines is 1. The van der Waals surface area contributed by atoms with Gasteiger partial charge >= 0.3 is 0 Å². The molecule has 20 heavy (non-hydrogen) atoms. The Balaban J connectivity index is 1.82. The molecule has 2 amide bonds. The molecule has 1 aromatic rings. The number of thiophene rings is 1. The fourth-order valence-electron chi connectivity index (χ4n) is 2.20. The van der Waals surface area contributed by atoms with Gasteiger partial charge in [-0.15, -0.1) is 11.3 Å². The molecule has 1 unspecified atom stereocenters. The molecule has 0 bridgehead atoms. The molecule has 3 heterocycles. The van der Waals surface area contributed by atoms with Crippen LogP contribution in [0.2, 0.25) is 0 Å². The smallest absolute Gasteiger partial charge is 0.266 e. The zero-order chi connectivity index (χ0) is 14.3. The molecule has 0 saturated carbocycles. The Kier molecular flexibility index (Phi) is 3.44. The van der Waals surface area contributed by atoms with Gasteiger partial charge in [-0.2, -0.15) is 0 Å². The minimum Gasteiger partial charge on any atom is -0.395 e. The summed E-state index contributed by atoms with van der Waals surface area (Å²) in [4.78, 5) is 36.1. The first-order valence-electron chi connectivity index (χ1n) is 6.06. The third-order valence-corrected chi connectivity index (χ3v) is 3.92. The number of carbonyl (C=O) groups excluding carboxylic acids is 2. The second-order valence-corrected chi connectivity index (χ2v) is 5.24. The predicted molar refractivity (Wildman–Crippen MR) is 68.5 cm³/mol. The first-order chi connectivity index (χ1) is 9.63. The summed E-state index contributed by atoms with van der Waals surface area (Å²) >= 11 is 1.17. The molecule has 3 rings (SSSR count). The van der Waals surface area contributed by atoms with Crippen molar-refractivity contribution in [3.8, 4) is 0 Å². The number of aliphatic hydroxyl groups is 1. The standard InChI is InChI=1S/C11H13N3O5S/c12-9-8-6(5-20-9)10(16)14(11(8)17)7-1-4-18-13(19-7)2-3-15/h5,7,15H,1-4,12H2. The maximum atomic E-state index is 12.3. The number of aliphatic hydroxyl groups excluding tert-OH is 1. The quantitative estimate of drug-likeness (QED) is 0.745. The lowest BCUT2D eigenvalue weighted by Crippen LogP contribution is -2.49. The van der Waals surface area contributed by atoms with E-state index in [1.54, 1.807) is 5.38 Å². The van der Waals surface area contributed by atoms with Crippen LogP contribution in [0.4, 0.5) is 5.00 Å². The van der Waals surface area contributed by atoms with Gasteiger partial charge in [-0.3, -0.25) is 14.4 Å². The van der Waals surface area contributed by atoms with E-state index in [9.17, 15) is 9.59 Å². The number of amides is 2. The molecule has 0 aliphatic carbocycles. The molecule has 3 N–H and O–H groups in total. The zero-order valence-corrected chi connectivity index (χ0v) is 11.3. The van der Waals surface area contributed by atoms with Gasteiger partial charge in [0.1, 0.15) is 0 Å². The van der Waals surface area contributed by atoms with E-state index >= 15 is 0 Å². The number of hydroxylamine groups is 2. The zero-order valence-electron chi connectivity index (χ0n) is 10.4. The summed E-state index contributed by atoms with van der Waals surface area (Å²) in [7, 11) is 0. The summed E-state index contributed by atoms with van der Waals surface area (Å²) in [6, 6.07) is 0. The highest BCUT2D eigenvalue weighted by Gasteiger charge is 2.44. The van der Waals surface area contributed by atoms with Crippen LogP contribution in [0.25, 0.3) is 0 Å². The van der Waals surface area contributed by atoms with Gasteiger partial charge in [-0.1, -0.05) is 5.23 Å². The molecule has 1 fully saturated rings. The molecule has 9 heteroatoms. The average molecular weight is 299 g/mol. The minimum absolute atomic E-state index is 0.135. The third-order valence-electron chi connectivity index (χ3n) is 3.11. The number of nitrogens with two attached hydrogens (primary N) is 1. The van der Waals surface area contributed by atoms with Crippen LogP contribution >= 0.6 is 11.3 Å². The van der Waals surface area contributed by atoms with Crippen molar-refractivity contribution in [1.82, 2.24) is 10.1 Å². The highest BCUT2D eigenvalue weighted by atomic mass is 32.1. The first-order valence-corrected chi connectivity index (χ1v) is 6.94. The second kappa shape index (κ2) is 5.11. The van der Waals surface area contributed by atoms with Gasteiger partial charge < -0.3 is 10.8 Å². The Morgan fingerprint density at radius 3 is 2.95 bits per heavy atom. The number of β-amino-alcohol motifs (C(OH)–C–C–N with tert-alkyl or cyclic N) is 1. The summed E-state index contributed by atoms with van der Waals surface area (Å²) in [5.41, 5.74) is 6.30. The van der Waals surface area contributed by atoms with Crippen molar-refractivity contribution in [2.45, 2.75) is 12.6 Å². The van der Waals surface area contributed by atoms with Gasteiger partial charge in [0, 0.05) is 11.8 Å². The lowest BCUT2D eigenvalue weighted by atomic mass is 10.2. The number of hydrogen-bond donors (Lipinski definition) is 2. The first kappa shape index (κ1) is 13.5. The molecule has 0 radical (unpaired) electrons. The third kappa shape index (κ3) is 2.00. The Hall–Kier alpha value is -1.52. The Bertz CT molecular complexity index is 558. The summed E-state index contributed by atoms with van der Waals surface area (Å²) in [5, 5.41) is 11.9. The van der Waals surface area contributed by atoms with Gasteiger partial charge in [-0.05, 0) is 0 Å². The molecule has 0 aromatic carbocycles. The Morgan fingerprint density at radius 1 is 1.45 bits per heavy atom. The van der Waals surface area contributed by atoms with Crippen molar-refractivity contribution in [2.24, 2.45) is 0 Å². The van der Waals surface area contributed by atoms with Crippen molar-refractivity contribution in [1.29, 1.82) is 0 Å². The van der Waals surface area contributed by atoms with E-state index in [1.165, 1.54) is 11.3 Å². The number of nitrogens with zero attached hydrogens (tertiary/aromatic N) is 2. The number of nitrogen functional groups attached to an aromatic ring is 1. The summed E-state index contributed by atoms with van der Waals surface area (Å²) in [6.45, 7) is 0.272. The van der Waals surface area contributed by atoms with Crippen LogP contribution < -0.4 is 5.73 Å². The number of rotatable bonds is 3. The highest BCUT2D eigenvalue weighted by Crippen LogP contribution is 2.35. The van der Waals surface area contributed by atoms with Gasteiger partial charge in [-0.25, -0.2) is 9.74 Å². The van der Waals surface area contributed by atoms with Crippen molar-refractivity contribution in [3.63, 3.8) is 0 Å². The molecule has 1 atom stereocenters. The SMILES string of the molecule is Nc1scc2c1C(=O)N(C1CCON(CCO)O1)C2=O. The molecule has 8 nitrogen and oxygen atoms in total.